The van der Waals surface area contributed by atoms with Gasteiger partial charge in [0.05, 0.1) is 12.4 Å². The maximum absolute atomic E-state index is 6.05. The number of furan rings is 1. The smallest absolute Gasteiger partial charge is 0.216 e. The Bertz CT molecular complexity index is 690. The van der Waals surface area contributed by atoms with Crippen LogP contribution in [0.25, 0.3) is 11.6 Å². The zero-order valence-corrected chi connectivity index (χ0v) is 13.8. The second-order valence-electron chi connectivity index (χ2n) is 7.45. The molecule has 24 heavy (non-hydrogen) atoms. The highest BCUT2D eigenvalue weighted by Crippen LogP contribution is 2.60. The van der Waals surface area contributed by atoms with Gasteiger partial charge in [-0.3, -0.25) is 5.10 Å². The van der Waals surface area contributed by atoms with Gasteiger partial charge in [-0.2, -0.15) is 5.10 Å². The minimum atomic E-state index is 0.419. The number of nitrogens with one attached hydrogen (secondary N) is 2. The van der Waals surface area contributed by atoms with Crippen molar-refractivity contribution in [2.24, 2.45) is 11.3 Å². The van der Waals surface area contributed by atoms with Gasteiger partial charge in [0.1, 0.15) is 5.82 Å². The van der Waals surface area contributed by atoms with Crippen LogP contribution in [0.1, 0.15) is 37.9 Å². The molecule has 2 N–H and O–H groups in total. The third-order valence-corrected chi connectivity index (χ3v) is 6.29. The fraction of sp³-hybridized carbons (Fsp3) is 0.667. The third kappa shape index (κ3) is 2.16. The van der Waals surface area contributed by atoms with Crippen molar-refractivity contribution >= 4 is 0 Å². The van der Waals surface area contributed by atoms with Crippen LogP contribution in [0.15, 0.2) is 22.8 Å². The van der Waals surface area contributed by atoms with E-state index in [0.717, 1.165) is 31.3 Å². The first-order valence-electron chi connectivity index (χ1n) is 9.17. The quantitative estimate of drug-likeness (QED) is 0.882. The van der Waals surface area contributed by atoms with E-state index in [2.05, 4.69) is 20.5 Å². The summed E-state index contributed by atoms with van der Waals surface area (Å²) in [6.07, 6.45) is 9.62. The van der Waals surface area contributed by atoms with Crippen molar-refractivity contribution in [3.05, 3.63) is 24.2 Å². The van der Waals surface area contributed by atoms with Gasteiger partial charge in [0.15, 0.2) is 5.76 Å². The van der Waals surface area contributed by atoms with Crippen LogP contribution in [-0.2, 0) is 11.2 Å². The van der Waals surface area contributed by atoms with E-state index < -0.39 is 0 Å². The average Bonchev–Trinajstić information content (AvgIpc) is 3.39. The van der Waals surface area contributed by atoms with Crippen LogP contribution in [0, 0.1) is 11.3 Å². The van der Waals surface area contributed by atoms with Gasteiger partial charge >= 0.3 is 0 Å². The molecule has 6 heteroatoms. The van der Waals surface area contributed by atoms with E-state index in [1.165, 1.54) is 32.1 Å². The lowest BCUT2D eigenvalue weighted by molar-refractivity contribution is -0.130. The number of nitrogens with zero attached hydrogens (tertiary/aromatic N) is 2. The number of aromatic nitrogens is 3. The maximum atomic E-state index is 6.05. The average molecular weight is 328 g/mol. The first-order valence-corrected chi connectivity index (χ1v) is 9.17. The number of hydrogen-bond acceptors (Lipinski definition) is 5. The lowest BCUT2D eigenvalue weighted by Gasteiger charge is -2.57. The molecule has 0 radical (unpaired) electrons. The van der Waals surface area contributed by atoms with E-state index in [-0.39, 0.29) is 0 Å². The van der Waals surface area contributed by atoms with E-state index in [1.807, 2.05) is 12.1 Å². The topological polar surface area (TPSA) is 76.0 Å². The minimum absolute atomic E-state index is 0.419. The Hall–Kier alpha value is -1.66. The SMILES string of the molecule is c1coc(-c2n[nH]c(CCN[C@@H]3[C@@H]4CCO[C@H]4C34CCCC4)n2)c1. The molecule has 1 saturated heterocycles. The summed E-state index contributed by atoms with van der Waals surface area (Å²) in [5.74, 6) is 2.97. The maximum Gasteiger partial charge on any atom is 0.216 e. The van der Waals surface area contributed by atoms with Crippen molar-refractivity contribution in [3.63, 3.8) is 0 Å². The Morgan fingerprint density at radius 1 is 1.33 bits per heavy atom. The number of H-pyrrole nitrogens is 1. The van der Waals surface area contributed by atoms with Crippen LogP contribution in [0.2, 0.25) is 0 Å². The van der Waals surface area contributed by atoms with Gasteiger partial charge < -0.3 is 14.5 Å². The fourth-order valence-electron chi connectivity index (χ4n) is 5.28. The summed E-state index contributed by atoms with van der Waals surface area (Å²) in [6.45, 7) is 1.88. The van der Waals surface area contributed by atoms with Gasteiger partial charge in [-0.25, -0.2) is 4.98 Å². The second-order valence-corrected chi connectivity index (χ2v) is 7.45. The number of ether oxygens (including phenoxy) is 1. The molecule has 128 valence electrons. The summed E-state index contributed by atoms with van der Waals surface area (Å²) >= 11 is 0. The van der Waals surface area contributed by atoms with Crippen LogP contribution in [0.4, 0.5) is 0 Å². The fourth-order valence-corrected chi connectivity index (χ4v) is 5.28. The largest absolute Gasteiger partial charge is 0.461 e. The Labute approximate surface area is 141 Å². The molecule has 2 aliphatic carbocycles. The summed E-state index contributed by atoms with van der Waals surface area (Å²) in [5.41, 5.74) is 0.419. The molecule has 2 saturated carbocycles. The lowest BCUT2D eigenvalue weighted by Crippen LogP contribution is -2.67. The monoisotopic (exact) mass is 328 g/mol. The lowest BCUT2D eigenvalue weighted by atomic mass is 9.54. The first-order chi connectivity index (χ1) is 11.9. The zero-order chi connectivity index (χ0) is 16.0. The molecule has 3 fully saturated rings. The highest BCUT2D eigenvalue weighted by atomic mass is 16.5. The molecule has 0 bridgehead atoms. The van der Waals surface area contributed by atoms with Crippen molar-refractivity contribution in [2.45, 2.75) is 50.7 Å². The summed E-state index contributed by atoms with van der Waals surface area (Å²) in [6, 6.07) is 4.36. The normalized spacial score (nSPS) is 30.6. The molecule has 2 aromatic rings. The molecule has 3 atom stereocenters. The first kappa shape index (κ1) is 14.7. The van der Waals surface area contributed by atoms with Crippen molar-refractivity contribution < 1.29 is 9.15 Å². The number of hydrogen-bond donors (Lipinski definition) is 2. The molecule has 0 unspecified atom stereocenters. The predicted molar refractivity (Wildman–Crippen MR) is 88.3 cm³/mol. The van der Waals surface area contributed by atoms with E-state index in [4.69, 9.17) is 9.15 Å². The zero-order valence-electron chi connectivity index (χ0n) is 13.8. The molecule has 6 nitrogen and oxygen atoms in total. The van der Waals surface area contributed by atoms with Crippen LogP contribution in [0.3, 0.4) is 0 Å². The van der Waals surface area contributed by atoms with Crippen LogP contribution < -0.4 is 5.32 Å². The molecule has 2 aromatic heterocycles. The summed E-state index contributed by atoms with van der Waals surface area (Å²) in [7, 11) is 0. The number of fused-ring (bicyclic) bond motifs is 2. The summed E-state index contributed by atoms with van der Waals surface area (Å²) in [5, 5.41) is 11.1. The Balaban J connectivity index is 1.21. The predicted octanol–water partition coefficient (Wildman–Crippen LogP) is 2.54. The van der Waals surface area contributed by atoms with Crippen molar-refractivity contribution in [1.82, 2.24) is 20.5 Å². The molecule has 0 aromatic carbocycles. The van der Waals surface area contributed by atoms with Gasteiger partial charge in [-0.1, -0.05) is 12.8 Å². The Morgan fingerprint density at radius 2 is 2.25 bits per heavy atom. The Morgan fingerprint density at radius 3 is 3.08 bits per heavy atom. The van der Waals surface area contributed by atoms with E-state index in [1.54, 1.807) is 6.26 Å². The summed E-state index contributed by atoms with van der Waals surface area (Å²) in [4.78, 5) is 4.52. The molecule has 1 spiro atoms. The van der Waals surface area contributed by atoms with E-state index in [9.17, 15) is 0 Å². The van der Waals surface area contributed by atoms with Crippen molar-refractivity contribution in [2.75, 3.05) is 13.2 Å². The van der Waals surface area contributed by atoms with Gasteiger partial charge in [-0.15, -0.1) is 0 Å². The molecule has 3 heterocycles. The van der Waals surface area contributed by atoms with Crippen LogP contribution in [0.5, 0.6) is 0 Å². The van der Waals surface area contributed by atoms with Crippen molar-refractivity contribution in [1.29, 1.82) is 0 Å². The Kier molecular flexibility index (Phi) is 3.49. The van der Waals surface area contributed by atoms with Gasteiger partial charge in [-0.05, 0) is 31.4 Å². The molecule has 1 aliphatic heterocycles. The van der Waals surface area contributed by atoms with Gasteiger partial charge in [0.2, 0.25) is 5.82 Å². The van der Waals surface area contributed by atoms with Gasteiger partial charge in [0, 0.05) is 36.9 Å². The molecule has 3 aliphatic rings. The number of rotatable bonds is 5. The summed E-state index contributed by atoms with van der Waals surface area (Å²) < 4.78 is 11.4. The molecule has 5 rings (SSSR count). The highest BCUT2D eigenvalue weighted by molar-refractivity contribution is 5.45. The van der Waals surface area contributed by atoms with E-state index >= 15 is 0 Å². The van der Waals surface area contributed by atoms with E-state index in [0.29, 0.717) is 29.1 Å². The third-order valence-electron chi connectivity index (χ3n) is 6.29. The second kappa shape index (κ2) is 5.70. The van der Waals surface area contributed by atoms with Crippen LogP contribution >= 0.6 is 0 Å². The molecule has 0 amide bonds. The standard InChI is InChI=1S/C18H24N4O2/c1-2-8-18(7-1)15(12-6-11-24-16(12)18)19-9-5-14-20-17(22-21-14)13-4-3-10-23-13/h3-4,10,12,15-16,19H,1-2,5-9,11H2,(H,20,21,22)/t12-,15+,16+/m0/s1. The van der Waals surface area contributed by atoms with Crippen molar-refractivity contribution in [3.8, 4) is 11.6 Å². The molecular weight excluding hydrogens is 304 g/mol. The van der Waals surface area contributed by atoms with Crippen LogP contribution in [-0.4, -0.2) is 40.5 Å². The minimum Gasteiger partial charge on any atom is -0.461 e. The highest BCUT2D eigenvalue weighted by Gasteiger charge is 2.64. The number of aromatic amines is 1. The molecular formula is C18H24N4O2. The van der Waals surface area contributed by atoms with Gasteiger partial charge in [0.25, 0.3) is 0 Å².